The summed E-state index contributed by atoms with van der Waals surface area (Å²) >= 11 is 5.81. The molecule has 0 radical (unpaired) electrons. The second kappa shape index (κ2) is 3.61. The van der Waals surface area contributed by atoms with Crippen LogP contribution in [-0.4, -0.2) is 31.2 Å². The van der Waals surface area contributed by atoms with Crippen LogP contribution in [0.15, 0.2) is 5.16 Å². The number of nitrogens with zero attached hydrogens (tertiary/aromatic N) is 2. The van der Waals surface area contributed by atoms with Gasteiger partial charge in [0.1, 0.15) is 0 Å². The maximum atomic E-state index is 11.2. The van der Waals surface area contributed by atoms with Crippen molar-refractivity contribution in [2.75, 3.05) is 12.9 Å². The second-order valence-corrected chi connectivity index (χ2v) is 5.56. The first kappa shape index (κ1) is 10.6. The first-order valence-corrected chi connectivity index (χ1v) is 6.64. The number of aromatic nitrogens is 2. The summed E-state index contributed by atoms with van der Waals surface area (Å²) in [5.41, 5.74) is 0.571. The van der Waals surface area contributed by atoms with Crippen LogP contribution in [0.3, 0.4) is 0 Å². The highest BCUT2D eigenvalue weighted by Gasteiger charge is 2.21. The molecule has 0 atom stereocenters. The van der Waals surface area contributed by atoms with E-state index in [9.17, 15) is 8.42 Å². The Bertz CT molecular complexity index is 501. The number of hydrogen-bond acceptors (Lipinski definition) is 5. The minimum atomic E-state index is -3.42. The molecule has 0 aromatic carbocycles. The molecule has 0 aliphatic carbocycles. The predicted octanol–water partition coefficient (Wildman–Crippen LogP) is 0.858. The molecule has 1 aliphatic rings. The second-order valence-electron chi connectivity index (χ2n) is 3.30. The Kier molecular flexibility index (Phi) is 2.56. The Labute approximate surface area is 92.4 Å². The van der Waals surface area contributed by atoms with Crippen LogP contribution in [-0.2, 0) is 16.3 Å². The normalized spacial score (nSPS) is 15.6. The molecular formula is C8H9ClN2O3S. The molecule has 0 bridgehead atoms. The van der Waals surface area contributed by atoms with E-state index in [0.29, 0.717) is 24.5 Å². The number of halogens is 1. The number of sulfone groups is 1. The Hall–Kier alpha value is -0.880. The first-order valence-electron chi connectivity index (χ1n) is 4.38. The molecule has 0 saturated carbocycles. The molecule has 82 valence electrons. The van der Waals surface area contributed by atoms with E-state index < -0.39 is 9.84 Å². The van der Waals surface area contributed by atoms with Crippen LogP contribution < -0.4 is 4.74 Å². The zero-order valence-corrected chi connectivity index (χ0v) is 9.60. The third-order valence-electron chi connectivity index (χ3n) is 2.01. The third kappa shape index (κ3) is 2.05. The van der Waals surface area contributed by atoms with Crippen molar-refractivity contribution >= 4 is 21.4 Å². The lowest BCUT2D eigenvalue weighted by Gasteiger charge is -2.17. The van der Waals surface area contributed by atoms with Gasteiger partial charge in [-0.1, -0.05) is 11.6 Å². The molecule has 0 spiro atoms. The number of rotatable bonds is 1. The predicted molar refractivity (Wildman–Crippen MR) is 54.0 cm³/mol. The summed E-state index contributed by atoms with van der Waals surface area (Å²) in [5, 5.41) is -0.170. The van der Waals surface area contributed by atoms with Gasteiger partial charge in [0.15, 0.2) is 10.9 Å². The topological polar surface area (TPSA) is 69.2 Å². The number of hydrogen-bond donors (Lipinski definition) is 0. The molecule has 0 saturated heterocycles. The van der Waals surface area contributed by atoms with Crippen LogP contribution in [0.2, 0.25) is 5.15 Å². The molecule has 0 unspecified atom stereocenters. The standard InChI is InChI=1S/C8H9ClN2O3S/c1-15(12,13)8-10-5-3-2-4-14-6(5)7(9)11-8/h2-4H2,1H3. The van der Waals surface area contributed by atoms with Crippen LogP contribution in [0.5, 0.6) is 5.75 Å². The summed E-state index contributed by atoms with van der Waals surface area (Å²) in [7, 11) is -3.42. The summed E-state index contributed by atoms with van der Waals surface area (Å²) in [6, 6.07) is 0. The molecular weight excluding hydrogens is 240 g/mol. The molecule has 2 heterocycles. The van der Waals surface area contributed by atoms with E-state index in [1.165, 1.54) is 0 Å². The van der Waals surface area contributed by atoms with Gasteiger partial charge >= 0.3 is 0 Å². The highest BCUT2D eigenvalue weighted by molar-refractivity contribution is 7.90. The Morgan fingerprint density at radius 1 is 1.40 bits per heavy atom. The average Bonchev–Trinajstić information content (AvgIpc) is 2.16. The van der Waals surface area contributed by atoms with Crippen LogP contribution in [0, 0.1) is 0 Å². The molecule has 0 N–H and O–H groups in total. The monoisotopic (exact) mass is 248 g/mol. The van der Waals surface area contributed by atoms with E-state index in [-0.39, 0.29) is 10.3 Å². The van der Waals surface area contributed by atoms with Gasteiger partial charge in [-0.05, 0) is 12.8 Å². The van der Waals surface area contributed by atoms with Crippen LogP contribution in [0.1, 0.15) is 12.1 Å². The van der Waals surface area contributed by atoms with Gasteiger partial charge in [0, 0.05) is 6.26 Å². The minimum absolute atomic E-state index is 0.0696. The van der Waals surface area contributed by atoms with Gasteiger partial charge < -0.3 is 4.74 Å². The van der Waals surface area contributed by atoms with Crippen LogP contribution >= 0.6 is 11.6 Å². The van der Waals surface area contributed by atoms with Gasteiger partial charge in [-0.25, -0.2) is 18.4 Å². The van der Waals surface area contributed by atoms with Crippen molar-refractivity contribution in [2.45, 2.75) is 18.0 Å². The summed E-state index contributed by atoms with van der Waals surface area (Å²) < 4.78 is 27.8. The highest BCUT2D eigenvalue weighted by atomic mass is 35.5. The lowest BCUT2D eigenvalue weighted by molar-refractivity contribution is 0.282. The Morgan fingerprint density at radius 2 is 2.13 bits per heavy atom. The molecule has 5 nitrogen and oxygen atoms in total. The lowest BCUT2D eigenvalue weighted by atomic mass is 10.2. The van der Waals surface area contributed by atoms with Gasteiger partial charge in [0.05, 0.1) is 12.3 Å². The fourth-order valence-electron chi connectivity index (χ4n) is 1.34. The maximum Gasteiger partial charge on any atom is 0.248 e. The van der Waals surface area contributed by atoms with Crippen molar-refractivity contribution in [1.29, 1.82) is 0 Å². The van der Waals surface area contributed by atoms with E-state index in [1.807, 2.05) is 0 Å². The molecule has 7 heteroatoms. The number of fused-ring (bicyclic) bond motifs is 1. The third-order valence-corrected chi connectivity index (χ3v) is 3.11. The lowest BCUT2D eigenvalue weighted by Crippen LogP contribution is -2.14. The largest absolute Gasteiger partial charge is 0.488 e. The Balaban J connectivity index is 2.60. The van der Waals surface area contributed by atoms with E-state index >= 15 is 0 Å². The van der Waals surface area contributed by atoms with E-state index in [0.717, 1.165) is 12.7 Å². The van der Waals surface area contributed by atoms with Gasteiger partial charge in [0.25, 0.3) is 0 Å². The van der Waals surface area contributed by atoms with Crippen molar-refractivity contribution in [2.24, 2.45) is 0 Å². The van der Waals surface area contributed by atoms with Crippen molar-refractivity contribution in [1.82, 2.24) is 9.97 Å². The van der Waals surface area contributed by atoms with Crippen molar-refractivity contribution in [3.8, 4) is 5.75 Å². The van der Waals surface area contributed by atoms with Gasteiger partial charge in [-0.3, -0.25) is 0 Å². The summed E-state index contributed by atoms with van der Waals surface area (Å²) in [6.07, 6.45) is 2.53. The molecule has 0 amide bonds. The molecule has 2 rings (SSSR count). The molecule has 1 aromatic rings. The SMILES string of the molecule is CS(=O)(=O)c1nc(Cl)c2c(n1)CCCO2. The number of ether oxygens (including phenoxy) is 1. The minimum Gasteiger partial charge on any atom is -0.488 e. The molecule has 15 heavy (non-hydrogen) atoms. The van der Waals surface area contributed by atoms with Crippen molar-refractivity contribution < 1.29 is 13.2 Å². The maximum absolute atomic E-state index is 11.2. The highest BCUT2D eigenvalue weighted by Crippen LogP contribution is 2.30. The van der Waals surface area contributed by atoms with E-state index in [2.05, 4.69) is 9.97 Å². The quantitative estimate of drug-likeness (QED) is 0.545. The van der Waals surface area contributed by atoms with Gasteiger partial charge in [0.2, 0.25) is 15.0 Å². The van der Waals surface area contributed by atoms with Gasteiger partial charge in [-0.2, -0.15) is 0 Å². The van der Waals surface area contributed by atoms with Crippen LogP contribution in [0.4, 0.5) is 0 Å². The fraction of sp³-hybridized carbons (Fsp3) is 0.500. The number of aryl methyl sites for hydroxylation is 1. The smallest absolute Gasteiger partial charge is 0.248 e. The van der Waals surface area contributed by atoms with E-state index in [1.54, 1.807) is 0 Å². The fourth-order valence-corrected chi connectivity index (χ4v) is 2.16. The molecule has 1 aliphatic heterocycles. The molecule has 0 fully saturated rings. The average molecular weight is 249 g/mol. The Morgan fingerprint density at radius 3 is 2.80 bits per heavy atom. The zero-order valence-electron chi connectivity index (χ0n) is 8.03. The van der Waals surface area contributed by atoms with Crippen molar-refractivity contribution in [3.63, 3.8) is 0 Å². The molecule has 1 aromatic heterocycles. The van der Waals surface area contributed by atoms with Crippen LogP contribution in [0.25, 0.3) is 0 Å². The van der Waals surface area contributed by atoms with Crippen molar-refractivity contribution in [3.05, 3.63) is 10.8 Å². The zero-order chi connectivity index (χ0) is 11.1. The summed E-state index contributed by atoms with van der Waals surface area (Å²) in [4.78, 5) is 7.64. The van der Waals surface area contributed by atoms with Gasteiger partial charge in [-0.15, -0.1) is 0 Å². The first-order chi connectivity index (χ1) is 6.98. The summed E-state index contributed by atoms with van der Waals surface area (Å²) in [5.74, 6) is 0.412. The van der Waals surface area contributed by atoms with E-state index in [4.69, 9.17) is 16.3 Å². The summed E-state index contributed by atoms with van der Waals surface area (Å²) in [6.45, 7) is 0.564.